The molecule has 0 aromatic carbocycles. The molecule has 6 heteroatoms. The minimum atomic E-state index is -1.41. The maximum Gasteiger partial charge on any atom is 0.309 e. The van der Waals surface area contributed by atoms with Crippen molar-refractivity contribution in [1.82, 2.24) is 0 Å². The lowest BCUT2D eigenvalue weighted by Crippen LogP contribution is -2.42. The van der Waals surface area contributed by atoms with Crippen LogP contribution < -0.4 is 0 Å². The molecule has 0 spiro atoms. The zero-order valence-electron chi connectivity index (χ0n) is 13.0. The highest BCUT2D eigenvalue weighted by atomic mass is 35.5. The number of aliphatic hydroxyl groups is 1. The van der Waals surface area contributed by atoms with Gasteiger partial charge in [-0.1, -0.05) is 37.6 Å². The first-order valence-corrected chi connectivity index (χ1v) is 8.44. The van der Waals surface area contributed by atoms with Crippen LogP contribution in [-0.2, 0) is 9.53 Å². The fourth-order valence-corrected chi connectivity index (χ4v) is 3.22. The fourth-order valence-electron chi connectivity index (χ4n) is 1.68. The Morgan fingerprint density at radius 2 is 2.24 bits per heavy atom. The predicted octanol–water partition coefficient (Wildman–Crippen LogP) is 3.25. The number of carbonyl (C=O) groups excluding carboxylic acids is 1. The Kier molecular flexibility index (Phi) is 9.42. The molecule has 0 aromatic rings. The van der Waals surface area contributed by atoms with Gasteiger partial charge in [0.2, 0.25) is 0 Å². The van der Waals surface area contributed by atoms with E-state index in [4.69, 9.17) is 24.2 Å². The van der Waals surface area contributed by atoms with Gasteiger partial charge < -0.3 is 9.84 Å². The van der Waals surface area contributed by atoms with E-state index in [0.717, 1.165) is 0 Å². The van der Waals surface area contributed by atoms with Crippen LogP contribution >= 0.6 is 23.4 Å². The summed E-state index contributed by atoms with van der Waals surface area (Å²) in [4.78, 5) is 11.3. The fraction of sp³-hybridized carbons (Fsp3) is 0.667. The predicted molar refractivity (Wildman–Crippen MR) is 91.8 cm³/mol. The molecule has 0 aromatic heterocycles. The van der Waals surface area contributed by atoms with Gasteiger partial charge in [-0.3, -0.25) is 4.79 Å². The smallest absolute Gasteiger partial charge is 0.309 e. The lowest BCUT2D eigenvalue weighted by molar-refractivity contribution is -0.146. The van der Waals surface area contributed by atoms with Crippen LogP contribution in [0.25, 0.3) is 0 Å². The standard InChI is InChI=1S/C15H24BClO3S/c1-5-7-13(18)20-12(3)10-21-11-15(17,19)14(4,6-2)8-9-16/h5,8-9,12,19H,1,6-7,10-11H2,2-4H3/b9-8-. The second-order valence-corrected chi connectivity index (χ2v) is 6.85. The maximum atomic E-state index is 11.3. The summed E-state index contributed by atoms with van der Waals surface area (Å²) >= 11 is 7.70. The van der Waals surface area contributed by atoms with Crippen LogP contribution in [0.5, 0.6) is 0 Å². The van der Waals surface area contributed by atoms with Crippen LogP contribution in [0, 0.1) is 5.41 Å². The number of hydrogen-bond donors (Lipinski definition) is 1. The number of rotatable bonds is 10. The van der Waals surface area contributed by atoms with Crippen molar-refractivity contribution in [3.63, 3.8) is 0 Å². The molecule has 0 aliphatic carbocycles. The van der Waals surface area contributed by atoms with Gasteiger partial charge in [0.15, 0.2) is 5.06 Å². The van der Waals surface area contributed by atoms with E-state index in [9.17, 15) is 9.90 Å². The topological polar surface area (TPSA) is 46.5 Å². The third-order valence-corrected chi connectivity index (χ3v) is 5.41. The third-order valence-electron chi connectivity index (χ3n) is 3.36. The number of ether oxygens (including phenoxy) is 1. The van der Waals surface area contributed by atoms with Crippen LogP contribution in [0.2, 0.25) is 0 Å². The molecule has 0 fully saturated rings. The minimum absolute atomic E-state index is 0.198. The van der Waals surface area contributed by atoms with Gasteiger partial charge in [-0.05, 0) is 13.3 Å². The monoisotopic (exact) mass is 330 g/mol. The van der Waals surface area contributed by atoms with Crippen LogP contribution in [0.15, 0.2) is 24.7 Å². The van der Waals surface area contributed by atoms with Crippen LogP contribution in [-0.4, -0.2) is 41.6 Å². The Bertz CT molecular complexity index is 374. The first-order chi connectivity index (χ1) is 9.72. The number of halogens is 1. The van der Waals surface area contributed by atoms with Crippen molar-refractivity contribution in [2.45, 2.75) is 44.8 Å². The lowest BCUT2D eigenvalue weighted by Gasteiger charge is -2.38. The van der Waals surface area contributed by atoms with Gasteiger partial charge in [0, 0.05) is 16.9 Å². The van der Waals surface area contributed by atoms with Gasteiger partial charge in [0.05, 0.1) is 6.42 Å². The zero-order chi connectivity index (χ0) is 16.5. The third kappa shape index (κ3) is 6.94. The number of esters is 1. The molecule has 0 heterocycles. The molecule has 0 aliphatic heterocycles. The second kappa shape index (κ2) is 9.60. The number of hydrogen-bond acceptors (Lipinski definition) is 4. The molecule has 0 saturated carbocycles. The molecule has 0 amide bonds. The highest BCUT2D eigenvalue weighted by Crippen LogP contribution is 2.41. The highest BCUT2D eigenvalue weighted by Gasteiger charge is 2.42. The second-order valence-electron chi connectivity index (χ2n) is 5.20. The van der Waals surface area contributed by atoms with Gasteiger partial charge in [0.25, 0.3) is 0 Å². The van der Waals surface area contributed by atoms with Crippen molar-refractivity contribution < 1.29 is 14.6 Å². The summed E-state index contributed by atoms with van der Waals surface area (Å²) < 4.78 is 5.18. The zero-order valence-corrected chi connectivity index (χ0v) is 14.5. The van der Waals surface area contributed by atoms with Crippen LogP contribution in [0.1, 0.15) is 33.6 Å². The normalized spacial score (nSPS) is 18.7. The Hall–Kier alpha value is -0.385. The molecule has 1 N–H and O–H groups in total. The molecule has 118 valence electrons. The van der Waals surface area contributed by atoms with Crippen molar-refractivity contribution >= 4 is 37.2 Å². The lowest BCUT2D eigenvalue weighted by atomic mass is 9.80. The van der Waals surface area contributed by atoms with E-state index >= 15 is 0 Å². The van der Waals surface area contributed by atoms with E-state index in [1.807, 2.05) is 13.8 Å². The van der Waals surface area contributed by atoms with Gasteiger partial charge in [-0.2, -0.15) is 11.8 Å². The Balaban J connectivity index is 4.37. The average molecular weight is 331 g/mol. The van der Waals surface area contributed by atoms with Crippen molar-refractivity contribution in [2.24, 2.45) is 5.41 Å². The average Bonchev–Trinajstić information content (AvgIpc) is 2.38. The Morgan fingerprint density at radius 3 is 2.71 bits per heavy atom. The maximum absolute atomic E-state index is 11.3. The van der Waals surface area contributed by atoms with Gasteiger partial charge in [-0.25, -0.2) is 0 Å². The molecule has 0 rings (SSSR count). The quantitative estimate of drug-likeness (QED) is 0.289. The molecule has 0 saturated heterocycles. The van der Waals surface area contributed by atoms with Gasteiger partial charge in [0.1, 0.15) is 14.0 Å². The summed E-state index contributed by atoms with van der Waals surface area (Å²) in [6.07, 6.45) is 3.84. The molecule has 0 bridgehead atoms. The van der Waals surface area contributed by atoms with E-state index in [0.29, 0.717) is 17.9 Å². The summed E-state index contributed by atoms with van der Waals surface area (Å²) in [5, 5.41) is 9.05. The summed E-state index contributed by atoms with van der Waals surface area (Å²) in [6, 6.07) is 0. The van der Waals surface area contributed by atoms with Crippen LogP contribution in [0.3, 0.4) is 0 Å². The first-order valence-electron chi connectivity index (χ1n) is 6.91. The summed E-state index contributed by atoms with van der Waals surface area (Å²) in [5.41, 5.74) is -0.612. The number of thioether (sulfide) groups is 1. The van der Waals surface area contributed by atoms with Gasteiger partial charge in [-0.15, -0.1) is 12.6 Å². The van der Waals surface area contributed by atoms with Crippen LogP contribution in [0.4, 0.5) is 0 Å². The summed E-state index contributed by atoms with van der Waals surface area (Å²) in [7, 11) is 5.42. The van der Waals surface area contributed by atoms with E-state index in [2.05, 4.69) is 6.58 Å². The summed E-state index contributed by atoms with van der Waals surface area (Å²) in [6.45, 7) is 9.09. The Labute approximate surface area is 138 Å². The molecule has 3 nitrogen and oxygen atoms in total. The molecular formula is C15H24BClO3S. The largest absolute Gasteiger partial charge is 0.462 e. The highest BCUT2D eigenvalue weighted by molar-refractivity contribution is 7.99. The first kappa shape index (κ1) is 20.6. The van der Waals surface area contributed by atoms with E-state index in [1.54, 1.807) is 13.0 Å². The van der Waals surface area contributed by atoms with Crippen molar-refractivity contribution in [3.05, 3.63) is 24.7 Å². The number of carbonyl (C=O) groups is 1. The minimum Gasteiger partial charge on any atom is -0.462 e. The molecule has 0 aliphatic rings. The Morgan fingerprint density at radius 1 is 1.62 bits per heavy atom. The van der Waals surface area contributed by atoms with E-state index < -0.39 is 10.5 Å². The summed E-state index contributed by atoms with van der Waals surface area (Å²) in [5.74, 6) is 1.97. The van der Waals surface area contributed by atoms with E-state index in [1.165, 1.54) is 23.8 Å². The molecular weight excluding hydrogens is 306 g/mol. The molecule has 3 atom stereocenters. The van der Waals surface area contributed by atoms with Crippen molar-refractivity contribution in [1.29, 1.82) is 0 Å². The number of alkyl halides is 1. The molecule has 2 radical (unpaired) electrons. The van der Waals surface area contributed by atoms with Crippen molar-refractivity contribution in [2.75, 3.05) is 11.5 Å². The van der Waals surface area contributed by atoms with E-state index in [-0.39, 0.29) is 18.5 Å². The van der Waals surface area contributed by atoms with Gasteiger partial charge >= 0.3 is 5.97 Å². The molecule has 3 unspecified atom stereocenters. The SMILES string of the molecule is [B]/C=C\C(C)(CC)C(O)(Cl)CSCC(C)OC(=O)CC=C. The van der Waals surface area contributed by atoms with Crippen molar-refractivity contribution in [3.8, 4) is 0 Å². The molecule has 21 heavy (non-hydrogen) atoms.